The van der Waals surface area contributed by atoms with Crippen molar-refractivity contribution in [2.24, 2.45) is 5.92 Å². The number of anilines is 1. The van der Waals surface area contributed by atoms with Gasteiger partial charge in [-0.05, 0) is 42.3 Å². The second kappa shape index (κ2) is 8.35. The number of nitro benzene ring substituents is 1. The zero-order valence-electron chi connectivity index (χ0n) is 14.5. The molecule has 0 bridgehead atoms. The molecule has 2 rings (SSSR count). The molecule has 2 N–H and O–H groups in total. The Morgan fingerprint density at radius 1 is 1.07 bits per heavy atom. The van der Waals surface area contributed by atoms with Crippen molar-refractivity contribution in [1.29, 1.82) is 0 Å². The molecule has 0 heterocycles. The number of benzene rings is 2. The maximum atomic E-state index is 13.4. The molecule has 0 saturated carbocycles. The fraction of sp³-hybridized carbons (Fsp3) is 0.222. The van der Waals surface area contributed by atoms with Crippen molar-refractivity contribution in [3.05, 3.63) is 69.8 Å². The highest BCUT2D eigenvalue weighted by molar-refractivity contribution is 6.01. The van der Waals surface area contributed by atoms with Gasteiger partial charge in [-0.1, -0.05) is 13.8 Å². The molecular formula is C18H17F2N3O4. The number of hydrogen-bond donors (Lipinski definition) is 2. The lowest BCUT2D eigenvalue weighted by Crippen LogP contribution is -2.47. The second-order valence-corrected chi connectivity index (χ2v) is 6.11. The lowest BCUT2D eigenvalue weighted by Gasteiger charge is -2.21. The van der Waals surface area contributed by atoms with Crippen molar-refractivity contribution >= 4 is 23.2 Å². The molecule has 0 saturated heterocycles. The predicted molar refractivity (Wildman–Crippen MR) is 94.2 cm³/mol. The van der Waals surface area contributed by atoms with E-state index in [4.69, 9.17) is 0 Å². The Morgan fingerprint density at radius 3 is 2.26 bits per heavy atom. The average molecular weight is 377 g/mol. The summed E-state index contributed by atoms with van der Waals surface area (Å²) in [7, 11) is 0. The zero-order valence-corrected chi connectivity index (χ0v) is 14.5. The monoisotopic (exact) mass is 377 g/mol. The molecule has 9 heteroatoms. The molecule has 27 heavy (non-hydrogen) atoms. The molecule has 0 aliphatic heterocycles. The van der Waals surface area contributed by atoms with Crippen molar-refractivity contribution in [3.8, 4) is 0 Å². The Bertz CT molecular complexity index is 869. The Kier molecular flexibility index (Phi) is 6.17. The minimum Gasteiger partial charge on any atom is -0.340 e. The van der Waals surface area contributed by atoms with E-state index in [0.29, 0.717) is 0 Å². The molecule has 7 nitrogen and oxygen atoms in total. The summed E-state index contributed by atoms with van der Waals surface area (Å²) in [6.07, 6.45) is 0. The summed E-state index contributed by atoms with van der Waals surface area (Å²) >= 11 is 0. The van der Waals surface area contributed by atoms with Crippen molar-refractivity contribution in [2.45, 2.75) is 19.9 Å². The standard InChI is InChI=1S/C18H17F2N3O4/c1-10(2)16(22-17(24)11-3-5-12(19)6-4-11)18(25)21-13-7-8-14(20)15(9-13)23(26)27/h3-10,16H,1-2H3,(H,21,25)(H,22,24)/t16-/m0/s1. The highest BCUT2D eigenvalue weighted by atomic mass is 19.1. The quantitative estimate of drug-likeness (QED) is 0.596. The summed E-state index contributed by atoms with van der Waals surface area (Å²) < 4.78 is 26.4. The van der Waals surface area contributed by atoms with Crippen LogP contribution in [0.4, 0.5) is 20.2 Å². The van der Waals surface area contributed by atoms with Crippen LogP contribution in [0.3, 0.4) is 0 Å². The van der Waals surface area contributed by atoms with Gasteiger partial charge in [-0.15, -0.1) is 0 Å². The van der Waals surface area contributed by atoms with Gasteiger partial charge in [0.05, 0.1) is 4.92 Å². The first-order valence-corrected chi connectivity index (χ1v) is 8.00. The third-order valence-corrected chi connectivity index (χ3v) is 3.75. The Hall–Kier alpha value is -3.36. The molecule has 142 valence electrons. The van der Waals surface area contributed by atoms with Gasteiger partial charge in [0.25, 0.3) is 5.91 Å². The second-order valence-electron chi connectivity index (χ2n) is 6.11. The van der Waals surface area contributed by atoms with Gasteiger partial charge in [0, 0.05) is 17.3 Å². The van der Waals surface area contributed by atoms with Crippen molar-refractivity contribution in [3.63, 3.8) is 0 Å². The molecular weight excluding hydrogens is 360 g/mol. The zero-order chi connectivity index (χ0) is 20.1. The van der Waals surface area contributed by atoms with Gasteiger partial charge in [-0.3, -0.25) is 19.7 Å². The first kappa shape index (κ1) is 20.0. The van der Waals surface area contributed by atoms with Crippen molar-refractivity contribution in [1.82, 2.24) is 5.32 Å². The van der Waals surface area contributed by atoms with Gasteiger partial charge in [-0.25, -0.2) is 4.39 Å². The number of nitro groups is 1. The van der Waals surface area contributed by atoms with Crippen LogP contribution >= 0.6 is 0 Å². The van der Waals surface area contributed by atoms with Crippen LogP contribution < -0.4 is 10.6 Å². The number of nitrogens with zero attached hydrogens (tertiary/aromatic N) is 1. The lowest BCUT2D eigenvalue weighted by molar-refractivity contribution is -0.387. The number of hydrogen-bond acceptors (Lipinski definition) is 4. The number of carbonyl (C=O) groups excluding carboxylic acids is 2. The number of rotatable bonds is 6. The van der Waals surface area contributed by atoms with Gasteiger partial charge in [0.2, 0.25) is 11.7 Å². The maximum Gasteiger partial charge on any atom is 0.306 e. The van der Waals surface area contributed by atoms with E-state index in [9.17, 15) is 28.5 Å². The lowest BCUT2D eigenvalue weighted by atomic mass is 10.0. The topological polar surface area (TPSA) is 101 Å². The van der Waals surface area contributed by atoms with E-state index in [1.807, 2.05) is 0 Å². The Balaban J connectivity index is 2.15. The van der Waals surface area contributed by atoms with Gasteiger partial charge in [0.15, 0.2) is 0 Å². The van der Waals surface area contributed by atoms with Crippen molar-refractivity contribution < 1.29 is 23.3 Å². The molecule has 1 atom stereocenters. The molecule has 0 unspecified atom stereocenters. The molecule has 0 radical (unpaired) electrons. The number of nitrogens with one attached hydrogen (secondary N) is 2. The molecule has 0 aliphatic carbocycles. The van der Waals surface area contributed by atoms with Crippen molar-refractivity contribution in [2.75, 3.05) is 5.32 Å². The first-order chi connectivity index (χ1) is 12.7. The van der Waals surface area contributed by atoms with Crippen LogP contribution in [0.15, 0.2) is 42.5 Å². The first-order valence-electron chi connectivity index (χ1n) is 8.00. The van der Waals surface area contributed by atoms with Gasteiger partial charge in [0.1, 0.15) is 11.9 Å². The van der Waals surface area contributed by atoms with E-state index in [0.717, 1.165) is 24.3 Å². The van der Waals surface area contributed by atoms with Crippen LogP contribution in [-0.2, 0) is 4.79 Å². The predicted octanol–water partition coefficient (Wildman–Crippen LogP) is 3.27. The van der Waals surface area contributed by atoms with Crippen LogP contribution in [0.25, 0.3) is 0 Å². The van der Waals surface area contributed by atoms with Crippen LogP contribution in [0.2, 0.25) is 0 Å². The van der Waals surface area contributed by atoms with Gasteiger partial charge >= 0.3 is 5.69 Å². The Labute approximate surface area is 153 Å². The SMILES string of the molecule is CC(C)[C@H](NC(=O)c1ccc(F)cc1)C(=O)Nc1ccc(F)c([N+](=O)[O-])c1. The molecule has 0 fully saturated rings. The molecule has 2 amide bonds. The molecule has 0 aliphatic rings. The van der Waals surface area contributed by atoms with E-state index < -0.39 is 40.1 Å². The van der Waals surface area contributed by atoms with Crippen LogP contribution in [0.1, 0.15) is 24.2 Å². The van der Waals surface area contributed by atoms with E-state index in [-0.39, 0.29) is 17.2 Å². The summed E-state index contributed by atoms with van der Waals surface area (Å²) in [6, 6.07) is 6.79. The Morgan fingerprint density at radius 2 is 1.70 bits per heavy atom. The fourth-order valence-corrected chi connectivity index (χ4v) is 2.31. The summed E-state index contributed by atoms with van der Waals surface area (Å²) in [5.41, 5.74) is -0.578. The van der Waals surface area contributed by atoms with Crippen LogP contribution in [0, 0.1) is 27.7 Å². The number of halogens is 2. The summed E-state index contributed by atoms with van der Waals surface area (Å²) in [6.45, 7) is 3.39. The molecule has 2 aromatic carbocycles. The highest BCUT2D eigenvalue weighted by Crippen LogP contribution is 2.22. The van der Waals surface area contributed by atoms with E-state index >= 15 is 0 Å². The smallest absolute Gasteiger partial charge is 0.306 e. The fourth-order valence-electron chi connectivity index (χ4n) is 2.31. The summed E-state index contributed by atoms with van der Waals surface area (Å²) in [4.78, 5) is 34.7. The number of amides is 2. The molecule has 0 spiro atoms. The largest absolute Gasteiger partial charge is 0.340 e. The third kappa shape index (κ3) is 5.06. The van der Waals surface area contributed by atoms with Crippen LogP contribution in [-0.4, -0.2) is 22.8 Å². The third-order valence-electron chi connectivity index (χ3n) is 3.75. The van der Waals surface area contributed by atoms with E-state index in [1.165, 1.54) is 18.2 Å². The van der Waals surface area contributed by atoms with Gasteiger partial charge in [-0.2, -0.15) is 4.39 Å². The van der Waals surface area contributed by atoms with E-state index in [2.05, 4.69) is 10.6 Å². The molecule has 2 aromatic rings. The van der Waals surface area contributed by atoms with Gasteiger partial charge < -0.3 is 10.6 Å². The normalized spacial score (nSPS) is 11.7. The highest BCUT2D eigenvalue weighted by Gasteiger charge is 2.25. The number of carbonyl (C=O) groups is 2. The minimum atomic E-state index is -1.02. The molecule has 0 aromatic heterocycles. The van der Waals surface area contributed by atoms with Crippen LogP contribution in [0.5, 0.6) is 0 Å². The summed E-state index contributed by atoms with van der Waals surface area (Å²) in [5, 5.41) is 15.8. The minimum absolute atomic E-state index is 0.0229. The average Bonchev–Trinajstić information content (AvgIpc) is 2.61. The summed E-state index contributed by atoms with van der Waals surface area (Å²) in [5.74, 6) is -3.04. The maximum absolute atomic E-state index is 13.4. The van der Waals surface area contributed by atoms with E-state index in [1.54, 1.807) is 13.8 Å².